The van der Waals surface area contributed by atoms with Crippen molar-refractivity contribution in [1.82, 2.24) is 4.90 Å². The normalized spacial score (nSPS) is 13.9. The van der Waals surface area contributed by atoms with Crippen molar-refractivity contribution < 1.29 is 9.84 Å². The molecular weight excluding hydrogens is 210 g/mol. The van der Waals surface area contributed by atoms with Crippen LogP contribution in [-0.4, -0.2) is 55.3 Å². The zero-order valence-electron chi connectivity index (χ0n) is 7.09. The summed E-state index contributed by atoms with van der Waals surface area (Å²) in [6, 6.07) is 0. The Bertz CT molecular complexity index is 92.5. The second-order valence-corrected chi connectivity index (χ2v) is 3.21. The average Bonchev–Trinajstić information content (AvgIpc) is 2.00. The smallest absolute Gasteiger partial charge is 0.0763 e. The molecule has 1 atom stereocenters. The lowest BCUT2D eigenvalue weighted by molar-refractivity contribution is 0.116. The molecule has 0 aromatic heterocycles. The number of methoxy groups -OCH3 is 1. The third-order valence-electron chi connectivity index (χ3n) is 1.38. The molecule has 0 heterocycles. The first-order valence-electron chi connectivity index (χ1n) is 3.62. The SMILES string of the molecule is COCCN(C)CC(O)CBr. The minimum Gasteiger partial charge on any atom is -0.391 e. The molecule has 0 aliphatic heterocycles. The van der Waals surface area contributed by atoms with Crippen LogP contribution in [0.5, 0.6) is 0 Å². The van der Waals surface area contributed by atoms with Crippen LogP contribution in [0.4, 0.5) is 0 Å². The fraction of sp³-hybridized carbons (Fsp3) is 1.00. The van der Waals surface area contributed by atoms with Gasteiger partial charge in [0.2, 0.25) is 0 Å². The van der Waals surface area contributed by atoms with E-state index in [0.29, 0.717) is 18.5 Å². The van der Waals surface area contributed by atoms with Gasteiger partial charge >= 0.3 is 0 Å². The Balaban J connectivity index is 3.27. The van der Waals surface area contributed by atoms with Gasteiger partial charge < -0.3 is 14.7 Å². The van der Waals surface area contributed by atoms with E-state index in [0.717, 1.165) is 6.54 Å². The first-order valence-corrected chi connectivity index (χ1v) is 4.74. The maximum atomic E-state index is 9.20. The molecule has 0 aliphatic rings. The summed E-state index contributed by atoms with van der Waals surface area (Å²) in [5, 5.41) is 9.83. The summed E-state index contributed by atoms with van der Waals surface area (Å²) in [5.41, 5.74) is 0. The Morgan fingerprint density at radius 1 is 1.64 bits per heavy atom. The highest BCUT2D eigenvalue weighted by atomic mass is 79.9. The molecule has 11 heavy (non-hydrogen) atoms. The summed E-state index contributed by atoms with van der Waals surface area (Å²) in [7, 11) is 3.64. The minimum atomic E-state index is -0.281. The Labute approximate surface area is 76.5 Å². The standard InChI is InChI=1S/C7H16BrNO2/c1-9(3-4-11-2)6-7(10)5-8/h7,10H,3-6H2,1-2H3. The zero-order chi connectivity index (χ0) is 8.69. The van der Waals surface area contributed by atoms with Crippen LogP contribution in [-0.2, 0) is 4.74 Å². The lowest BCUT2D eigenvalue weighted by atomic mass is 10.4. The highest BCUT2D eigenvalue weighted by Gasteiger charge is 2.05. The maximum Gasteiger partial charge on any atom is 0.0763 e. The molecule has 4 heteroatoms. The molecule has 0 amide bonds. The number of aliphatic hydroxyl groups excluding tert-OH is 1. The second kappa shape index (κ2) is 7.03. The van der Waals surface area contributed by atoms with Crippen LogP contribution >= 0.6 is 15.9 Å². The summed E-state index contributed by atoms with van der Waals surface area (Å²) in [6.07, 6.45) is -0.281. The summed E-state index contributed by atoms with van der Waals surface area (Å²) < 4.78 is 4.89. The number of halogens is 1. The van der Waals surface area contributed by atoms with Gasteiger partial charge in [-0.1, -0.05) is 15.9 Å². The van der Waals surface area contributed by atoms with Gasteiger partial charge in [0.25, 0.3) is 0 Å². The molecule has 0 bridgehead atoms. The monoisotopic (exact) mass is 225 g/mol. The number of nitrogens with zero attached hydrogens (tertiary/aromatic N) is 1. The van der Waals surface area contributed by atoms with E-state index in [9.17, 15) is 5.11 Å². The molecule has 0 fully saturated rings. The van der Waals surface area contributed by atoms with E-state index in [1.165, 1.54) is 0 Å². The van der Waals surface area contributed by atoms with E-state index in [1.54, 1.807) is 7.11 Å². The first-order chi connectivity index (χ1) is 5.20. The van der Waals surface area contributed by atoms with E-state index in [4.69, 9.17) is 4.74 Å². The molecule has 0 rings (SSSR count). The first kappa shape index (κ1) is 11.4. The molecule has 1 unspecified atom stereocenters. The van der Waals surface area contributed by atoms with E-state index in [2.05, 4.69) is 15.9 Å². The molecule has 0 radical (unpaired) electrons. The van der Waals surface area contributed by atoms with Crippen molar-refractivity contribution in [1.29, 1.82) is 0 Å². The molecular formula is C7H16BrNO2. The fourth-order valence-corrected chi connectivity index (χ4v) is 0.952. The van der Waals surface area contributed by atoms with Gasteiger partial charge in [-0.3, -0.25) is 0 Å². The van der Waals surface area contributed by atoms with Crippen LogP contribution in [0.1, 0.15) is 0 Å². The quantitative estimate of drug-likeness (QED) is 0.662. The summed E-state index contributed by atoms with van der Waals surface area (Å²) in [6.45, 7) is 2.26. The summed E-state index contributed by atoms with van der Waals surface area (Å²) in [5.74, 6) is 0. The highest BCUT2D eigenvalue weighted by Crippen LogP contribution is 1.93. The third kappa shape index (κ3) is 6.75. The number of hydrogen-bond donors (Lipinski definition) is 1. The fourth-order valence-electron chi connectivity index (χ4n) is 0.747. The Morgan fingerprint density at radius 3 is 2.73 bits per heavy atom. The Morgan fingerprint density at radius 2 is 2.27 bits per heavy atom. The second-order valence-electron chi connectivity index (χ2n) is 2.56. The van der Waals surface area contributed by atoms with Crippen molar-refractivity contribution in [3.05, 3.63) is 0 Å². The third-order valence-corrected chi connectivity index (χ3v) is 2.13. The number of likely N-dealkylation sites (N-methyl/N-ethyl adjacent to an activating group) is 1. The zero-order valence-corrected chi connectivity index (χ0v) is 8.67. The molecule has 0 saturated carbocycles. The van der Waals surface area contributed by atoms with Crippen LogP contribution in [0.25, 0.3) is 0 Å². The molecule has 0 saturated heterocycles. The number of aliphatic hydroxyl groups is 1. The maximum absolute atomic E-state index is 9.20. The molecule has 1 N–H and O–H groups in total. The van der Waals surface area contributed by atoms with Crippen LogP contribution in [0, 0.1) is 0 Å². The van der Waals surface area contributed by atoms with Crippen LogP contribution < -0.4 is 0 Å². The van der Waals surface area contributed by atoms with Gasteiger partial charge in [0, 0.05) is 25.5 Å². The van der Waals surface area contributed by atoms with Crippen molar-refractivity contribution >= 4 is 15.9 Å². The van der Waals surface area contributed by atoms with E-state index in [-0.39, 0.29) is 6.10 Å². The lowest BCUT2D eigenvalue weighted by Gasteiger charge is -2.18. The van der Waals surface area contributed by atoms with Gasteiger partial charge in [0.1, 0.15) is 0 Å². The average molecular weight is 226 g/mol. The van der Waals surface area contributed by atoms with Crippen molar-refractivity contribution in [2.75, 3.05) is 39.2 Å². The molecule has 0 aromatic carbocycles. The summed E-state index contributed by atoms with van der Waals surface area (Å²) in [4.78, 5) is 2.04. The predicted molar refractivity (Wildman–Crippen MR) is 49.2 cm³/mol. The molecule has 0 aliphatic carbocycles. The topological polar surface area (TPSA) is 32.7 Å². The highest BCUT2D eigenvalue weighted by molar-refractivity contribution is 9.09. The van der Waals surface area contributed by atoms with Gasteiger partial charge in [-0.2, -0.15) is 0 Å². The van der Waals surface area contributed by atoms with Crippen LogP contribution in [0.3, 0.4) is 0 Å². The van der Waals surface area contributed by atoms with Crippen molar-refractivity contribution in [2.24, 2.45) is 0 Å². The number of alkyl halides is 1. The molecule has 68 valence electrons. The Hall–Kier alpha value is 0.360. The number of rotatable bonds is 6. The molecule has 0 spiro atoms. The van der Waals surface area contributed by atoms with Gasteiger partial charge in [-0.25, -0.2) is 0 Å². The van der Waals surface area contributed by atoms with Crippen LogP contribution in [0.15, 0.2) is 0 Å². The summed E-state index contributed by atoms with van der Waals surface area (Å²) >= 11 is 3.20. The van der Waals surface area contributed by atoms with Crippen molar-refractivity contribution in [2.45, 2.75) is 6.10 Å². The largest absolute Gasteiger partial charge is 0.391 e. The molecule has 0 aromatic rings. The number of hydrogen-bond acceptors (Lipinski definition) is 3. The van der Waals surface area contributed by atoms with Crippen LogP contribution in [0.2, 0.25) is 0 Å². The van der Waals surface area contributed by atoms with Crippen molar-refractivity contribution in [3.63, 3.8) is 0 Å². The van der Waals surface area contributed by atoms with Gasteiger partial charge in [-0.15, -0.1) is 0 Å². The van der Waals surface area contributed by atoms with E-state index in [1.807, 2.05) is 11.9 Å². The van der Waals surface area contributed by atoms with Gasteiger partial charge in [0.15, 0.2) is 0 Å². The van der Waals surface area contributed by atoms with E-state index < -0.39 is 0 Å². The van der Waals surface area contributed by atoms with E-state index >= 15 is 0 Å². The van der Waals surface area contributed by atoms with Crippen molar-refractivity contribution in [3.8, 4) is 0 Å². The lowest BCUT2D eigenvalue weighted by Crippen LogP contribution is -2.32. The van der Waals surface area contributed by atoms with Gasteiger partial charge in [-0.05, 0) is 7.05 Å². The Kier molecular flexibility index (Phi) is 7.26. The molecule has 3 nitrogen and oxygen atoms in total. The minimum absolute atomic E-state index is 0.281. The number of ether oxygens (including phenoxy) is 1. The predicted octanol–water partition coefficient (Wildman–Crippen LogP) is 0.320. The van der Waals surface area contributed by atoms with Gasteiger partial charge in [0.05, 0.1) is 12.7 Å².